The molecule has 0 aromatic carbocycles. The Morgan fingerprint density at radius 3 is 1.79 bits per heavy atom. The van der Waals surface area contributed by atoms with Crippen LogP contribution in [-0.2, 0) is 19.1 Å². The van der Waals surface area contributed by atoms with Crippen molar-refractivity contribution in [2.24, 2.45) is 11.8 Å². The van der Waals surface area contributed by atoms with E-state index in [-0.39, 0.29) is 12.4 Å². The van der Waals surface area contributed by atoms with E-state index in [1.807, 2.05) is 0 Å². The molecule has 24 heavy (non-hydrogen) atoms. The van der Waals surface area contributed by atoms with Gasteiger partial charge in [0.15, 0.2) is 0 Å². The van der Waals surface area contributed by atoms with Crippen LogP contribution in [0.15, 0.2) is 0 Å². The molecule has 1 radical (unpaired) electrons. The topological polar surface area (TPSA) is 52.6 Å². The molecule has 0 rings (SSSR count). The first-order valence-electron chi connectivity index (χ1n) is 9.72. The van der Waals surface area contributed by atoms with Gasteiger partial charge in [0.1, 0.15) is 0 Å². The maximum absolute atomic E-state index is 11.7. The standard InChI is InChI=1S/C20H37O4/c1-5-9-11-17(7-3)15-23-19(21)13-14-20(22)24-16-18(8-4)12-10-6-2/h13,17-18H,5-12,14-16H2,1-4H3. The van der Waals surface area contributed by atoms with Gasteiger partial charge in [-0.2, -0.15) is 0 Å². The molecule has 0 aromatic heterocycles. The van der Waals surface area contributed by atoms with E-state index in [0.29, 0.717) is 25.0 Å². The lowest BCUT2D eigenvalue weighted by Gasteiger charge is -2.15. The molecule has 0 aliphatic carbocycles. The van der Waals surface area contributed by atoms with Gasteiger partial charge in [-0.05, 0) is 24.7 Å². The van der Waals surface area contributed by atoms with Crippen molar-refractivity contribution < 1.29 is 19.1 Å². The molecular weight excluding hydrogens is 304 g/mol. The average molecular weight is 342 g/mol. The smallest absolute Gasteiger partial charge is 0.310 e. The predicted molar refractivity (Wildman–Crippen MR) is 97.4 cm³/mol. The number of carbonyl (C=O) groups is 2. The highest BCUT2D eigenvalue weighted by Gasteiger charge is 2.14. The molecule has 4 nitrogen and oxygen atoms in total. The Labute approximate surface area is 148 Å². The molecule has 0 saturated carbocycles. The van der Waals surface area contributed by atoms with Crippen LogP contribution in [0, 0.1) is 18.3 Å². The first kappa shape index (κ1) is 22.9. The van der Waals surface area contributed by atoms with Crippen molar-refractivity contribution in [1.82, 2.24) is 0 Å². The molecule has 0 saturated heterocycles. The SMILES string of the molecule is CCCCC(CC)COC(=O)[CH]CC(=O)OCC(CC)CCCC. The fourth-order valence-corrected chi connectivity index (χ4v) is 2.49. The molecule has 0 aromatic rings. The van der Waals surface area contributed by atoms with Gasteiger partial charge < -0.3 is 9.47 Å². The normalized spacial score (nSPS) is 13.3. The van der Waals surface area contributed by atoms with Crippen molar-refractivity contribution in [3.8, 4) is 0 Å². The maximum Gasteiger partial charge on any atom is 0.310 e. The van der Waals surface area contributed by atoms with Gasteiger partial charge in [-0.15, -0.1) is 0 Å². The lowest BCUT2D eigenvalue weighted by molar-refractivity contribution is -0.148. The molecule has 2 unspecified atom stereocenters. The minimum absolute atomic E-state index is 0.00516. The van der Waals surface area contributed by atoms with Gasteiger partial charge in [-0.25, -0.2) is 0 Å². The summed E-state index contributed by atoms with van der Waals surface area (Å²) in [5.41, 5.74) is 0. The largest absolute Gasteiger partial charge is 0.465 e. The van der Waals surface area contributed by atoms with Crippen molar-refractivity contribution >= 4 is 11.9 Å². The first-order chi connectivity index (χ1) is 11.6. The van der Waals surface area contributed by atoms with Crippen LogP contribution in [0.4, 0.5) is 0 Å². The number of unbranched alkanes of at least 4 members (excludes halogenated alkanes) is 2. The lowest BCUT2D eigenvalue weighted by Crippen LogP contribution is -2.17. The average Bonchev–Trinajstić information content (AvgIpc) is 2.60. The molecule has 0 aliphatic heterocycles. The molecule has 0 N–H and O–H groups in total. The predicted octanol–water partition coefficient (Wildman–Crippen LogP) is 5.10. The Morgan fingerprint density at radius 1 is 0.833 bits per heavy atom. The second-order valence-electron chi connectivity index (χ2n) is 6.55. The van der Waals surface area contributed by atoms with Crippen LogP contribution in [0.2, 0.25) is 0 Å². The molecule has 0 heterocycles. The first-order valence-corrected chi connectivity index (χ1v) is 9.72. The van der Waals surface area contributed by atoms with Gasteiger partial charge in [-0.1, -0.05) is 66.2 Å². The molecule has 141 valence electrons. The number of hydrogen-bond donors (Lipinski definition) is 0. The summed E-state index contributed by atoms with van der Waals surface area (Å²) in [6, 6.07) is 0. The van der Waals surface area contributed by atoms with E-state index in [4.69, 9.17) is 9.47 Å². The number of carbonyl (C=O) groups excluding carboxylic acids is 2. The quantitative estimate of drug-likeness (QED) is 0.389. The third-order valence-corrected chi connectivity index (χ3v) is 4.46. The summed E-state index contributed by atoms with van der Waals surface area (Å²) in [6.07, 6.45) is 10.1. The van der Waals surface area contributed by atoms with E-state index < -0.39 is 5.97 Å². The highest BCUT2D eigenvalue weighted by atomic mass is 16.5. The van der Waals surface area contributed by atoms with Crippen molar-refractivity contribution in [1.29, 1.82) is 0 Å². The maximum atomic E-state index is 11.7. The number of esters is 2. The third kappa shape index (κ3) is 12.4. The Bertz CT molecular complexity index is 296. The van der Waals surface area contributed by atoms with Gasteiger partial charge in [0.25, 0.3) is 0 Å². The zero-order chi connectivity index (χ0) is 18.2. The molecule has 0 amide bonds. The summed E-state index contributed by atoms with van der Waals surface area (Å²) in [5.74, 6) is 0.0719. The van der Waals surface area contributed by atoms with Gasteiger partial charge in [0.2, 0.25) is 0 Å². The number of ether oxygens (including phenoxy) is 2. The van der Waals surface area contributed by atoms with E-state index in [9.17, 15) is 9.59 Å². The molecule has 2 atom stereocenters. The Balaban J connectivity index is 3.86. The van der Waals surface area contributed by atoms with E-state index in [0.717, 1.165) is 51.4 Å². The molecule has 0 spiro atoms. The molecule has 4 heteroatoms. The molecule has 0 fully saturated rings. The van der Waals surface area contributed by atoms with Crippen LogP contribution in [0.5, 0.6) is 0 Å². The van der Waals surface area contributed by atoms with Gasteiger partial charge in [0, 0.05) is 0 Å². The summed E-state index contributed by atoms with van der Waals surface area (Å²) in [6.45, 7) is 9.43. The minimum atomic E-state index is -0.417. The van der Waals surface area contributed by atoms with E-state index in [1.165, 1.54) is 6.42 Å². The van der Waals surface area contributed by atoms with Crippen LogP contribution in [0.1, 0.15) is 85.5 Å². The van der Waals surface area contributed by atoms with Crippen LogP contribution in [-0.4, -0.2) is 25.2 Å². The highest BCUT2D eigenvalue weighted by Crippen LogP contribution is 2.14. The Hall–Kier alpha value is -1.06. The number of rotatable bonds is 15. The van der Waals surface area contributed by atoms with Crippen molar-refractivity contribution in [2.45, 2.75) is 85.5 Å². The summed E-state index contributed by atoms with van der Waals surface area (Å²) in [4.78, 5) is 23.4. The monoisotopic (exact) mass is 341 g/mol. The second kappa shape index (κ2) is 15.5. The van der Waals surface area contributed by atoms with E-state index in [1.54, 1.807) is 0 Å². The van der Waals surface area contributed by atoms with Crippen LogP contribution in [0.3, 0.4) is 0 Å². The summed E-state index contributed by atoms with van der Waals surface area (Å²) < 4.78 is 10.5. The molecule has 0 bridgehead atoms. The minimum Gasteiger partial charge on any atom is -0.465 e. The van der Waals surface area contributed by atoms with Crippen LogP contribution >= 0.6 is 0 Å². The van der Waals surface area contributed by atoms with Crippen LogP contribution < -0.4 is 0 Å². The van der Waals surface area contributed by atoms with Gasteiger partial charge in [-0.3, -0.25) is 9.59 Å². The molecule has 0 aliphatic rings. The van der Waals surface area contributed by atoms with Crippen LogP contribution in [0.25, 0.3) is 0 Å². The van der Waals surface area contributed by atoms with E-state index in [2.05, 4.69) is 27.7 Å². The highest BCUT2D eigenvalue weighted by molar-refractivity contribution is 5.85. The second-order valence-corrected chi connectivity index (χ2v) is 6.55. The zero-order valence-electron chi connectivity index (χ0n) is 16.1. The Morgan fingerprint density at radius 2 is 1.33 bits per heavy atom. The summed E-state index contributed by atoms with van der Waals surface area (Å²) in [7, 11) is 0. The number of hydrogen-bond acceptors (Lipinski definition) is 4. The molecular formula is C20H37O4. The summed E-state index contributed by atoms with van der Waals surface area (Å²) in [5, 5.41) is 0. The lowest BCUT2D eigenvalue weighted by atomic mass is 10.0. The van der Waals surface area contributed by atoms with Crippen molar-refractivity contribution in [2.75, 3.05) is 13.2 Å². The van der Waals surface area contributed by atoms with Gasteiger partial charge >= 0.3 is 11.9 Å². The summed E-state index contributed by atoms with van der Waals surface area (Å²) >= 11 is 0. The van der Waals surface area contributed by atoms with E-state index >= 15 is 0 Å². The van der Waals surface area contributed by atoms with Crippen molar-refractivity contribution in [3.63, 3.8) is 0 Å². The Kier molecular flexibility index (Phi) is 14.8. The third-order valence-electron chi connectivity index (χ3n) is 4.46. The fourth-order valence-electron chi connectivity index (χ4n) is 2.49. The fraction of sp³-hybridized carbons (Fsp3) is 0.850. The van der Waals surface area contributed by atoms with Crippen molar-refractivity contribution in [3.05, 3.63) is 6.42 Å². The van der Waals surface area contributed by atoms with Gasteiger partial charge in [0.05, 0.1) is 26.1 Å². The zero-order valence-corrected chi connectivity index (χ0v) is 16.1.